The zero-order valence-corrected chi connectivity index (χ0v) is 16.7. The van der Waals surface area contributed by atoms with E-state index >= 15 is 0 Å². The van der Waals surface area contributed by atoms with E-state index in [0.717, 1.165) is 17.0 Å². The van der Waals surface area contributed by atoms with Crippen LogP contribution in [-0.2, 0) is 13.0 Å². The molecule has 3 heterocycles. The number of imidazole rings is 1. The van der Waals surface area contributed by atoms with Gasteiger partial charge in [-0.1, -0.05) is 30.3 Å². The minimum atomic E-state index is -0.289. The lowest BCUT2D eigenvalue weighted by molar-refractivity contribution is 0.174. The minimum Gasteiger partial charge on any atom is -0.454 e. The molecule has 0 saturated carbocycles. The fourth-order valence-corrected chi connectivity index (χ4v) is 3.57. The van der Waals surface area contributed by atoms with Crippen molar-refractivity contribution in [2.24, 2.45) is 0 Å². The molecular weight excluding hydrogens is 394 g/mol. The number of benzene rings is 2. The normalized spacial score (nSPS) is 12.1. The summed E-state index contributed by atoms with van der Waals surface area (Å²) in [4.78, 5) is 21.5. The van der Waals surface area contributed by atoms with Crippen molar-refractivity contribution in [1.29, 1.82) is 0 Å². The molecule has 8 heteroatoms. The highest BCUT2D eigenvalue weighted by Crippen LogP contribution is 2.34. The third kappa shape index (κ3) is 4.13. The number of carbonyl (C=O) groups is 1. The number of pyridine rings is 1. The van der Waals surface area contributed by atoms with Crippen molar-refractivity contribution >= 4 is 22.9 Å². The second-order valence-electron chi connectivity index (χ2n) is 7.14. The molecule has 2 N–H and O–H groups in total. The third-order valence-corrected chi connectivity index (χ3v) is 5.03. The molecule has 0 aliphatic carbocycles. The Morgan fingerprint density at radius 1 is 1.03 bits per heavy atom. The van der Waals surface area contributed by atoms with Crippen LogP contribution in [0.25, 0.3) is 11.2 Å². The summed E-state index contributed by atoms with van der Waals surface area (Å²) < 4.78 is 12.7. The predicted octanol–water partition coefficient (Wildman–Crippen LogP) is 3.57. The Hall–Kier alpha value is -4.07. The van der Waals surface area contributed by atoms with Crippen molar-refractivity contribution in [3.8, 4) is 11.5 Å². The molecule has 2 aromatic heterocycles. The van der Waals surface area contributed by atoms with Gasteiger partial charge in [-0.15, -0.1) is 0 Å². The lowest BCUT2D eigenvalue weighted by atomic mass is 10.2. The SMILES string of the molecule is O=C(NCCc1nc2cccnc2n1Cc1ccccc1)Nc1ccc2c(c1)OCO2. The number of amides is 2. The summed E-state index contributed by atoms with van der Waals surface area (Å²) in [5.74, 6) is 2.18. The molecule has 0 atom stereocenters. The van der Waals surface area contributed by atoms with E-state index in [9.17, 15) is 4.79 Å². The molecule has 2 aromatic carbocycles. The van der Waals surface area contributed by atoms with Crippen LogP contribution in [0.5, 0.6) is 11.5 Å². The largest absolute Gasteiger partial charge is 0.454 e. The van der Waals surface area contributed by atoms with E-state index in [4.69, 9.17) is 14.5 Å². The monoisotopic (exact) mass is 415 g/mol. The number of hydrogen-bond acceptors (Lipinski definition) is 5. The highest BCUT2D eigenvalue weighted by atomic mass is 16.7. The number of ether oxygens (including phenoxy) is 2. The van der Waals surface area contributed by atoms with Crippen molar-refractivity contribution < 1.29 is 14.3 Å². The number of nitrogens with zero attached hydrogens (tertiary/aromatic N) is 3. The van der Waals surface area contributed by atoms with Crippen LogP contribution in [0.4, 0.5) is 10.5 Å². The van der Waals surface area contributed by atoms with Gasteiger partial charge in [0.15, 0.2) is 17.1 Å². The molecule has 8 nitrogen and oxygen atoms in total. The summed E-state index contributed by atoms with van der Waals surface area (Å²) in [5.41, 5.74) is 3.49. The molecule has 0 saturated heterocycles. The van der Waals surface area contributed by atoms with E-state index in [-0.39, 0.29) is 12.8 Å². The topological polar surface area (TPSA) is 90.3 Å². The van der Waals surface area contributed by atoms with Crippen LogP contribution in [0.1, 0.15) is 11.4 Å². The highest BCUT2D eigenvalue weighted by molar-refractivity contribution is 5.89. The first-order valence-electron chi connectivity index (χ1n) is 10.0. The van der Waals surface area contributed by atoms with Crippen molar-refractivity contribution in [1.82, 2.24) is 19.9 Å². The van der Waals surface area contributed by atoms with Gasteiger partial charge in [0.05, 0.1) is 6.54 Å². The van der Waals surface area contributed by atoms with Gasteiger partial charge in [0, 0.05) is 30.9 Å². The van der Waals surface area contributed by atoms with Gasteiger partial charge < -0.3 is 24.7 Å². The lowest BCUT2D eigenvalue weighted by Gasteiger charge is -2.10. The maximum absolute atomic E-state index is 12.3. The van der Waals surface area contributed by atoms with E-state index in [1.165, 1.54) is 5.56 Å². The fourth-order valence-electron chi connectivity index (χ4n) is 3.57. The van der Waals surface area contributed by atoms with E-state index < -0.39 is 0 Å². The second-order valence-corrected chi connectivity index (χ2v) is 7.14. The Bertz CT molecular complexity index is 1220. The minimum absolute atomic E-state index is 0.198. The number of aromatic nitrogens is 3. The van der Waals surface area contributed by atoms with Gasteiger partial charge >= 0.3 is 6.03 Å². The van der Waals surface area contributed by atoms with Crippen LogP contribution in [0.2, 0.25) is 0 Å². The summed E-state index contributed by atoms with van der Waals surface area (Å²) in [6, 6.07) is 19.0. The summed E-state index contributed by atoms with van der Waals surface area (Å²) in [6.45, 7) is 1.31. The lowest BCUT2D eigenvalue weighted by Crippen LogP contribution is -2.31. The number of urea groups is 1. The summed E-state index contributed by atoms with van der Waals surface area (Å²) in [6.07, 6.45) is 2.35. The first kappa shape index (κ1) is 18.9. The predicted molar refractivity (Wildman–Crippen MR) is 116 cm³/mol. The smallest absolute Gasteiger partial charge is 0.319 e. The molecule has 31 heavy (non-hydrogen) atoms. The number of hydrogen-bond donors (Lipinski definition) is 2. The van der Waals surface area contributed by atoms with Crippen LogP contribution in [0.3, 0.4) is 0 Å². The Kier molecular flexibility index (Phi) is 5.10. The molecule has 0 radical (unpaired) electrons. The second kappa shape index (κ2) is 8.35. The highest BCUT2D eigenvalue weighted by Gasteiger charge is 2.15. The first-order valence-corrected chi connectivity index (χ1v) is 10.0. The average molecular weight is 415 g/mol. The number of carbonyl (C=O) groups excluding carboxylic acids is 1. The molecule has 0 bridgehead atoms. The van der Waals surface area contributed by atoms with E-state index in [2.05, 4.69) is 32.3 Å². The number of rotatable bonds is 6. The molecule has 0 spiro atoms. The molecule has 1 aliphatic heterocycles. The van der Waals surface area contributed by atoms with Gasteiger partial charge in [-0.25, -0.2) is 14.8 Å². The van der Waals surface area contributed by atoms with Crippen molar-refractivity contribution in [3.63, 3.8) is 0 Å². The molecule has 0 fully saturated rings. The number of anilines is 1. The van der Waals surface area contributed by atoms with E-state index in [1.807, 2.05) is 30.3 Å². The Balaban J connectivity index is 1.25. The summed E-state index contributed by atoms with van der Waals surface area (Å²) >= 11 is 0. The maximum Gasteiger partial charge on any atom is 0.319 e. The molecule has 1 aliphatic rings. The third-order valence-electron chi connectivity index (χ3n) is 5.03. The molecule has 4 aromatic rings. The zero-order chi connectivity index (χ0) is 21.0. The van der Waals surface area contributed by atoms with Crippen LogP contribution in [-0.4, -0.2) is 33.9 Å². The number of fused-ring (bicyclic) bond motifs is 2. The average Bonchev–Trinajstić information content (AvgIpc) is 3.39. The van der Waals surface area contributed by atoms with Crippen molar-refractivity contribution in [3.05, 3.63) is 78.2 Å². The van der Waals surface area contributed by atoms with Crippen LogP contribution in [0.15, 0.2) is 66.9 Å². The molecule has 156 valence electrons. The van der Waals surface area contributed by atoms with Crippen LogP contribution >= 0.6 is 0 Å². The van der Waals surface area contributed by atoms with E-state index in [1.54, 1.807) is 24.4 Å². The van der Waals surface area contributed by atoms with Gasteiger partial charge in [0.2, 0.25) is 6.79 Å². The van der Waals surface area contributed by atoms with Gasteiger partial charge in [0.1, 0.15) is 11.3 Å². The Morgan fingerprint density at radius 2 is 1.90 bits per heavy atom. The number of nitrogens with one attached hydrogen (secondary N) is 2. The fraction of sp³-hybridized carbons (Fsp3) is 0.174. The van der Waals surface area contributed by atoms with Gasteiger partial charge in [-0.3, -0.25) is 0 Å². The van der Waals surface area contributed by atoms with Crippen molar-refractivity contribution in [2.45, 2.75) is 13.0 Å². The van der Waals surface area contributed by atoms with Gasteiger partial charge in [0.25, 0.3) is 0 Å². The first-order chi connectivity index (χ1) is 15.3. The summed E-state index contributed by atoms with van der Waals surface area (Å²) in [5, 5.41) is 5.70. The standard InChI is InChI=1S/C23H21N5O3/c29-23(26-17-8-9-19-20(13-17)31-15-30-19)25-12-10-21-27-18-7-4-11-24-22(18)28(21)14-16-5-2-1-3-6-16/h1-9,11,13H,10,12,14-15H2,(H2,25,26,29). The molecule has 0 unspecified atom stereocenters. The van der Waals surface area contributed by atoms with Crippen molar-refractivity contribution in [2.75, 3.05) is 18.7 Å². The maximum atomic E-state index is 12.3. The summed E-state index contributed by atoms with van der Waals surface area (Å²) in [7, 11) is 0. The van der Waals surface area contributed by atoms with Gasteiger partial charge in [-0.2, -0.15) is 0 Å². The van der Waals surface area contributed by atoms with Crippen LogP contribution < -0.4 is 20.1 Å². The molecule has 5 rings (SSSR count). The van der Waals surface area contributed by atoms with Crippen LogP contribution in [0, 0.1) is 0 Å². The van der Waals surface area contributed by atoms with Gasteiger partial charge in [-0.05, 0) is 29.8 Å². The molecule has 2 amide bonds. The van der Waals surface area contributed by atoms with E-state index in [0.29, 0.717) is 36.7 Å². The zero-order valence-electron chi connectivity index (χ0n) is 16.7. The Labute approximate surface area is 178 Å². The Morgan fingerprint density at radius 3 is 2.81 bits per heavy atom. The molecular formula is C23H21N5O3. The quantitative estimate of drug-likeness (QED) is 0.502.